The first-order valence-electron chi connectivity index (χ1n) is 4.03. The zero-order chi connectivity index (χ0) is 9.56. The van der Waals surface area contributed by atoms with Crippen LogP contribution in [-0.2, 0) is 0 Å². The van der Waals surface area contributed by atoms with Crippen LogP contribution in [0.1, 0.15) is 19.8 Å². The number of hydrogen-bond donors (Lipinski definition) is 2. The van der Waals surface area contributed by atoms with Crippen LogP contribution < -0.4 is 11.5 Å². The number of hydrogen-bond acceptors (Lipinski definition) is 2. The largest absolute Gasteiger partial charge is 0.327 e. The molecule has 72 valence electrons. The molecule has 0 aromatic rings. The molecule has 0 aliphatic rings. The molecule has 0 fully saturated rings. The molecule has 1 unspecified atom stereocenters. The molecule has 0 rings (SSSR count). The van der Waals surface area contributed by atoms with E-state index < -0.39 is 12.5 Å². The van der Waals surface area contributed by atoms with Gasteiger partial charge in [-0.25, -0.2) is 8.78 Å². The normalized spacial score (nSPS) is 15.3. The van der Waals surface area contributed by atoms with E-state index in [0.29, 0.717) is 6.54 Å². The first-order valence-corrected chi connectivity index (χ1v) is 4.03. The number of alkyl halides is 2. The van der Waals surface area contributed by atoms with Crippen LogP contribution in [0.25, 0.3) is 0 Å². The fourth-order valence-corrected chi connectivity index (χ4v) is 0.931. The van der Waals surface area contributed by atoms with Crippen molar-refractivity contribution in [2.24, 2.45) is 11.5 Å². The molecular formula is C8H16F2N2. The first kappa shape index (κ1) is 11.5. The van der Waals surface area contributed by atoms with Gasteiger partial charge in [-0.2, -0.15) is 0 Å². The van der Waals surface area contributed by atoms with Crippen molar-refractivity contribution in [2.45, 2.75) is 32.2 Å². The molecule has 0 saturated carbocycles. The van der Waals surface area contributed by atoms with Crippen molar-refractivity contribution in [3.63, 3.8) is 0 Å². The molecule has 4 heteroatoms. The van der Waals surface area contributed by atoms with E-state index in [-0.39, 0.29) is 6.42 Å². The summed E-state index contributed by atoms with van der Waals surface area (Å²) in [6, 6.07) is -1.05. The van der Waals surface area contributed by atoms with Crippen molar-refractivity contribution in [2.75, 3.05) is 6.54 Å². The van der Waals surface area contributed by atoms with Crippen molar-refractivity contribution in [3.05, 3.63) is 11.6 Å². The highest BCUT2D eigenvalue weighted by atomic mass is 19.3. The van der Waals surface area contributed by atoms with Crippen LogP contribution in [0.3, 0.4) is 0 Å². The molecule has 0 saturated heterocycles. The topological polar surface area (TPSA) is 52.0 Å². The lowest BCUT2D eigenvalue weighted by atomic mass is 10.0. The van der Waals surface area contributed by atoms with Gasteiger partial charge in [0.2, 0.25) is 0 Å². The number of nitrogens with two attached hydrogens (primary N) is 2. The summed E-state index contributed by atoms with van der Waals surface area (Å²) in [5.74, 6) is 0. The summed E-state index contributed by atoms with van der Waals surface area (Å²) in [4.78, 5) is 0. The van der Waals surface area contributed by atoms with E-state index in [1.807, 2.05) is 6.92 Å². The summed E-state index contributed by atoms with van der Waals surface area (Å²) in [6.45, 7) is 2.29. The van der Waals surface area contributed by atoms with Gasteiger partial charge in [0.25, 0.3) is 6.43 Å². The van der Waals surface area contributed by atoms with E-state index in [0.717, 1.165) is 12.0 Å². The zero-order valence-corrected chi connectivity index (χ0v) is 7.26. The standard InChI is InChI=1S/C8H16F2N2/c1-2-6(3-4-11)5-7(12)8(9)10/h3,7-8H,2,4-5,11-12H2,1H3/b6-3+. The molecule has 0 spiro atoms. The third-order valence-corrected chi connectivity index (χ3v) is 1.68. The van der Waals surface area contributed by atoms with Gasteiger partial charge in [-0.15, -0.1) is 0 Å². The quantitative estimate of drug-likeness (QED) is 0.623. The predicted molar refractivity (Wildman–Crippen MR) is 46.0 cm³/mol. The summed E-state index contributed by atoms with van der Waals surface area (Å²) in [7, 11) is 0. The highest BCUT2D eigenvalue weighted by molar-refractivity contribution is 5.04. The lowest BCUT2D eigenvalue weighted by molar-refractivity contribution is 0.115. The van der Waals surface area contributed by atoms with Crippen LogP contribution in [0.15, 0.2) is 11.6 Å². The van der Waals surface area contributed by atoms with Crippen molar-refractivity contribution in [3.8, 4) is 0 Å². The summed E-state index contributed by atoms with van der Waals surface area (Å²) >= 11 is 0. The summed E-state index contributed by atoms with van der Waals surface area (Å²) in [5, 5.41) is 0. The van der Waals surface area contributed by atoms with Gasteiger partial charge in [0, 0.05) is 6.54 Å². The number of rotatable bonds is 5. The monoisotopic (exact) mass is 178 g/mol. The van der Waals surface area contributed by atoms with Gasteiger partial charge in [0.1, 0.15) is 0 Å². The Kier molecular flexibility index (Phi) is 5.84. The Balaban J connectivity index is 3.94. The van der Waals surface area contributed by atoms with Crippen molar-refractivity contribution in [1.82, 2.24) is 0 Å². The molecule has 0 aromatic carbocycles. The minimum absolute atomic E-state index is 0.241. The Bertz CT molecular complexity index is 146. The van der Waals surface area contributed by atoms with Crippen LogP contribution in [0.2, 0.25) is 0 Å². The van der Waals surface area contributed by atoms with E-state index in [2.05, 4.69) is 0 Å². The van der Waals surface area contributed by atoms with Crippen LogP contribution >= 0.6 is 0 Å². The highest BCUT2D eigenvalue weighted by Crippen LogP contribution is 2.12. The second-order valence-electron chi connectivity index (χ2n) is 2.65. The molecule has 4 N–H and O–H groups in total. The lowest BCUT2D eigenvalue weighted by Gasteiger charge is -2.11. The van der Waals surface area contributed by atoms with E-state index in [4.69, 9.17) is 11.5 Å². The maximum Gasteiger partial charge on any atom is 0.253 e. The fraction of sp³-hybridized carbons (Fsp3) is 0.750. The molecule has 0 heterocycles. The Morgan fingerprint density at radius 3 is 2.42 bits per heavy atom. The molecular weight excluding hydrogens is 162 g/mol. The van der Waals surface area contributed by atoms with Crippen molar-refractivity contribution >= 4 is 0 Å². The van der Waals surface area contributed by atoms with Crippen LogP contribution in [0, 0.1) is 0 Å². The third kappa shape index (κ3) is 4.41. The molecule has 1 atom stereocenters. The average molecular weight is 178 g/mol. The van der Waals surface area contributed by atoms with E-state index in [9.17, 15) is 8.78 Å². The Morgan fingerprint density at radius 2 is 2.08 bits per heavy atom. The molecule has 0 radical (unpaired) electrons. The smallest absolute Gasteiger partial charge is 0.253 e. The minimum atomic E-state index is -2.45. The zero-order valence-electron chi connectivity index (χ0n) is 7.26. The summed E-state index contributed by atoms with van der Waals surface area (Å²) in [5.41, 5.74) is 11.4. The molecule has 0 amide bonds. The van der Waals surface area contributed by atoms with Gasteiger partial charge in [-0.1, -0.05) is 18.6 Å². The van der Waals surface area contributed by atoms with Gasteiger partial charge in [-0.05, 0) is 12.8 Å². The number of halogens is 2. The summed E-state index contributed by atoms with van der Waals surface area (Å²) < 4.78 is 24.0. The van der Waals surface area contributed by atoms with Gasteiger partial charge < -0.3 is 11.5 Å². The van der Waals surface area contributed by atoms with Gasteiger partial charge in [0.15, 0.2) is 0 Å². The molecule has 0 bridgehead atoms. The molecule has 2 nitrogen and oxygen atoms in total. The Morgan fingerprint density at radius 1 is 1.50 bits per heavy atom. The Hall–Kier alpha value is -0.480. The molecule has 12 heavy (non-hydrogen) atoms. The van der Waals surface area contributed by atoms with Crippen LogP contribution in [0.4, 0.5) is 8.78 Å². The van der Waals surface area contributed by atoms with E-state index in [1.54, 1.807) is 6.08 Å². The Labute approximate surface area is 71.6 Å². The van der Waals surface area contributed by atoms with E-state index in [1.165, 1.54) is 0 Å². The lowest BCUT2D eigenvalue weighted by Crippen LogP contribution is -2.29. The first-order chi connectivity index (χ1) is 5.61. The maximum atomic E-state index is 12.0. The molecule has 0 aliphatic heterocycles. The summed E-state index contributed by atoms with van der Waals surface area (Å²) in [6.07, 6.45) is 0.281. The van der Waals surface area contributed by atoms with Crippen LogP contribution in [0.5, 0.6) is 0 Å². The third-order valence-electron chi connectivity index (χ3n) is 1.68. The van der Waals surface area contributed by atoms with Crippen molar-refractivity contribution < 1.29 is 8.78 Å². The SMILES string of the molecule is CC/C(=C\CN)CC(N)C(F)F. The molecule has 0 aromatic heterocycles. The van der Waals surface area contributed by atoms with Gasteiger partial charge >= 0.3 is 0 Å². The second kappa shape index (κ2) is 6.08. The van der Waals surface area contributed by atoms with Crippen molar-refractivity contribution in [1.29, 1.82) is 0 Å². The van der Waals surface area contributed by atoms with Gasteiger partial charge in [-0.3, -0.25) is 0 Å². The van der Waals surface area contributed by atoms with E-state index >= 15 is 0 Å². The second-order valence-corrected chi connectivity index (χ2v) is 2.65. The minimum Gasteiger partial charge on any atom is -0.327 e. The average Bonchev–Trinajstić information content (AvgIpc) is 2.03. The fourth-order valence-electron chi connectivity index (χ4n) is 0.931. The maximum absolute atomic E-state index is 12.0. The highest BCUT2D eigenvalue weighted by Gasteiger charge is 2.15. The molecule has 0 aliphatic carbocycles. The van der Waals surface area contributed by atoms with Crippen LogP contribution in [-0.4, -0.2) is 19.0 Å². The van der Waals surface area contributed by atoms with Gasteiger partial charge in [0.05, 0.1) is 6.04 Å². The predicted octanol–water partition coefficient (Wildman–Crippen LogP) is 1.26.